The van der Waals surface area contributed by atoms with Crippen LogP contribution in [0.15, 0.2) is 18.2 Å². The van der Waals surface area contributed by atoms with E-state index in [-0.39, 0.29) is 23.3 Å². The summed E-state index contributed by atoms with van der Waals surface area (Å²) in [6.45, 7) is 2.23. The third-order valence-corrected chi connectivity index (χ3v) is 3.36. The van der Waals surface area contributed by atoms with Crippen molar-refractivity contribution in [1.29, 1.82) is 0 Å². The van der Waals surface area contributed by atoms with Crippen molar-refractivity contribution in [3.63, 3.8) is 0 Å². The van der Waals surface area contributed by atoms with Gasteiger partial charge in [-0.05, 0) is 37.3 Å². The van der Waals surface area contributed by atoms with E-state index in [4.69, 9.17) is 5.11 Å². The number of aryl methyl sites for hydroxylation is 1. The lowest BCUT2D eigenvalue weighted by Gasteiger charge is -2.31. The second kappa shape index (κ2) is 5.36. The molecular weight excluding hydrogens is 248 g/mol. The molecule has 2 N–H and O–H groups in total. The number of nitro groups is 1. The summed E-state index contributed by atoms with van der Waals surface area (Å²) in [5.41, 5.74) is 0.705. The van der Waals surface area contributed by atoms with Crippen LogP contribution in [0.1, 0.15) is 28.8 Å². The quantitative estimate of drug-likeness (QED) is 0.635. The molecule has 1 aliphatic carbocycles. The number of benzene rings is 1. The first kappa shape index (κ1) is 13.5. The molecule has 1 fully saturated rings. The molecule has 0 aliphatic heterocycles. The number of rotatable bonds is 4. The SMILES string of the molecule is Cc1ccc([N+](=O)[O-])c(C(=O)NCC2CC(O)C2)c1. The highest BCUT2D eigenvalue weighted by atomic mass is 16.6. The number of carbonyl (C=O) groups is 1. The molecule has 2 rings (SSSR count). The third kappa shape index (κ3) is 3.08. The van der Waals surface area contributed by atoms with Gasteiger partial charge in [-0.15, -0.1) is 0 Å². The summed E-state index contributed by atoms with van der Waals surface area (Å²) in [6.07, 6.45) is 1.09. The Hall–Kier alpha value is -1.95. The minimum atomic E-state index is -0.554. The molecule has 0 aromatic heterocycles. The summed E-state index contributed by atoms with van der Waals surface area (Å²) in [7, 11) is 0. The van der Waals surface area contributed by atoms with Crippen molar-refractivity contribution in [2.24, 2.45) is 5.92 Å². The fourth-order valence-corrected chi connectivity index (χ4v) is 2.19. The number of carbonyl (C=O) groups excluding carboxylic acids is 1. The van der Waals surface area contributed by atoms with E-state index in [9.17, 15) is 14.9 Å². The molecule has 0 atom stereocenters. The first-order valence-electron chi connectivity index (χ1n) is 6.18. The Bertz CT molecular complexity index is 509. The molecule has 1 aromatic carbocycles. The van der Waals surface area contributed by atoms with Gasteiger partial charge < -0.3 is 10.4 Å². The Balaban J connectivity index is 2.05. The summed E-state index contributed by atoms with van der Waals surface area (Å²) in [5.74, 6) is -0.167. The van der Waals surface area contributed by atoms with Crippen LogP contribution in [-0.2, 0) is 0 Å². The van der Waals surface area contributed by atoms with Gasteiger partial charge in [0.25, 0.3) is 11.6 Å². The van der Waals surface area contributed by atoms with Crippen molar-refractivity contribution < 1.29 is 14.8 Å². The zero-order chi connectivity index (χ0) is 14.0. The molecular formula is C13H16N2O4. The van der Waals surface area contributed by atoms with Gasteiger partial charge in [0.05, 0.1) is 11.0 Å². The molecule has 1 saturated carbocycles. The monoisotopic (exact) mass is 264 g/mol. The molecule has 0 spiro atoms. The highest BCUT2D eigenvalue weighted by molar-refractivity contribution is 5.98. The smallest absolute Gasteiger partial charge is 0.282 e. The van der Waals surface area contributed by atoms with Gasteiger partial charge in [-0.1, -0.05) is 6.07 Å². The largest absolute Gasteiger partial charge is 0.393 e. The van der Waals surface area contributed by atoms with Gasteiger partial charge in [0, 0.05) is 12.6 Å². The highest BCUT2D eigenvalue weighted by Gasteiger charge is 2.28. The summed E-state index contributed by atoms with van der Waals surface area (Å²) in [5, 5.41) is 22.7. The molecule has 0 radical (unpaired) electrons. The van der Waals surface area contributed by atoms with Crippen molar-refractivity contribution in [3.05, 3.63) is 39.4 Å². The van der Waals surface area contributed by atoms with Gasteiger partial charge >= 0.3 is 0 Å². The van der Waals surface area contributed by atoms with Crippen LogP contribution in [0.2, 0.25) is 0 Å². The van der Waals surface area contributed by atoms with Crippen LogP contribution < -0.4 is 5.32 Å². The van der Waals surface area contributed by atoms with E-state index in [0.717, 1.165) is 5.56 Å². The molecule has 19 heavy (non-hydrogen) atoms. The Morgan fingerprint density at radius 1 is 1.53 bits per heavy atom. The van der Waals surface area contributed by atoms with Crippen LogP contribution in [0.3, 0.4) is 0 Å². The van der Waals surface area contributed by atoms with Gasteiger partial charge in [0.15, 0.2) is 0 Å². The van der Waals surface area contributed by atoms with Gasteiger partial charge in [0.1, 0.15) is 5.56 Å². The maximum absolute atomic E-state index is 12.0. The third-order valence-electron chi connectivity index (χ3n) is 3.36. The molecule has 102 valence electrons. The molecule has 0 unspecified atom stereocenters. The zero-order valence-corrected chi connectivity index (χ0v) is 10.6. The molecule has 1 aromatic rings. The lowest BCUT2D eigenvalue weighted by Crippen LogP contribution is -2.38. The van der Waals surface area contributed by atoms with Crippen molar-refractivity contribution >= 4 is 11.6 Å². The summed E-state index contributed by atoms with van der Waals surface area (Å²) in [6, 6.07) is 4.47. The summed E-state index contributed by atoms with van der Waals surface area (Å²) < 4.78 is 0. The Kier molecular flexibility index (Phi) is 3.80. The number of aliphatic hydroxyl groups is 1. The molecule has 6 nitrogen and oxygen atoms in total. The molecule has 0 heterocycles. The predicted octanol–water partition coefficient (Wildman–Crippen LogP) is 1.40. The van der Waals surface area contributed by atoms with Crippen LogP contribution in [0.4, 0.5) is 5.69 Å². The van der Waals surface area contributed by atoms with Crippen molar-refractivity contribution in [3.8, 4) is 0 Å². The summed E-state index contributed by atoms with van der Waals surface area (Å²) in [4.78, 5) is 22.3. The lowest BCUT2D eigenvalue weighted by molar-refractivity contribution is -0.385. The van der Waals surface area contributed by atoms with Gasteiger partial charge in [-0.2, -0.15) is 0 Å². The number of aliphatic hydroxyl groups excluding tert-OH is 1. The lowest BCUT2D eigenvalue weighted by atomic mass is 9.82. The maximum Gasteiger partial charge on any atom is 0.282 e. The average molecular weight is 264 g/mol. The molecule has 1 aliphatic rings. The first-order valence-corrected chi connectivity index (χ1v) is 6.18. The number of hydrogen-bond acceptors (Lipinski definition) is 4. The molecule has 1 amide bonds. The first-order chi connectivity index (χ1) is 8.97. The maximum atomic E-state index is 12.0. The van der Waals surface area contributed by atoms with E-state index in [2.05, 4.69) is 5.32 Å². The van der Waals surface area contributed by atoms with Crippen LogP contribution in [-0.4, -0.2) is 28.6 Å². The van der Waals surface area contributed by atoms with Crippen molar-refractivity contribution in [2.75, 3.05) is 6.54 Å². The molecule has 0 bridgehead atoms. The molecule has 6 heteroatoms. The van der Waals surface area contributed by atoms with Crippen molar-refractivity contribution in [2.45, 2.75) is 25.9 Å². The minimum Gasteiger partial charge on any atom is -0.393 e. The number of nitro benzene ring substituents is 1. The number of hydrogen-bond donors (Lipinski definition) is 2. The number of nitrogens with zero attached hydrogens (tertiary/aromatic N) is 1. The Morgan fingerprint density at radius 2 is 2.21 bits per heavy atom. The zero-order valence-electron chi connectivity index (χ0n) is 10.6. The second-order valence-electron chi connectivity index (χ2n) is 4.98. The van der Waals surface area contributed by atoms with E-state index in [1.807, 2.05) is 0 Å². The highest BCUT2D eigenvalue weighted by Crippen LogP contribution is 2.26. The van der Waals surface area contributed by atoms with Crippen LogP contribution in [0, 0.1) is 23.0 Å². The number of nitrogens with one attached hydrogen (secondary N) is 1. The number of amides is 1. The summed E-state index contributed by atoms with van der Waals surface area (Å²) >= 11 is 0. The van der Waals surface area contributed by atoms with Gasteiger partial charge in [-0.3, -0.25) is 14.9 Å². The van der Waals surface area contributed by atoms with Crippen molar-refractivity contribution in [1.82, 2.24) is 5.32 Å². The fraction of sp³-hybridized carbons (Fsp3) is 0.462. The fourth-order valence-electron chi connectivity index (χ4n) is 2.19. The van der Waals surface area contributed by atoms with Crippen LogP contribution in [0.25, 0.3) is 0 Å². The Labute approximate surface area is 110 Å². The van der Waals surface area contributed by atoms with E-state index >= 15 is 0 Å². The topological polar surface area (TPSA) is 92.5 Å². The second-order valence-corrected chi connectivity index (χ2v) is 4.98. The standard InChI is InChI=1S/C13H16N2O4/c1-8-2-3-12(15(18)19)11(4-8)13(17)14-7-9-5-10(16)6-9/h2-4,9-10,16H,5-7H2,1H3,(H,14,17). The predicted molar refractivity (Wildman–Crippen MR) is 68.9 cm³/mol. The Morgan fingerprint density at radius 3 is 2.79 bits per heavy atom. The van der Waals surface area contributed by atoms with E-state index in [0.29, 0.717) is 19.4 Å². The van der Waals surface area contributed by atoms with Gasteiger partial charge in [-0.25, -0.2) is 0 Å². The normalized spacial score (nSPS) is 21.6. The van der Waals surface area contributed by atoms with E-state index in [1.54, 1.807) is 13.0 Å². The molecule has 0 saturated heterocycles. The van der Waals surface area contributed by atoms with E-state index in [1.165, 1.54) is 12.1 Å². The minimum absolute atomic E-state index is 0.0878. The van der Waals surface area contributed by atoms with E-state index < -0.39 is 10.8 Å². The average Bonchev–Trinajstić information content (AvgIpc) is 2.32. The van der Waals surface area contributed by atoms with Crippen LogP contribution in [0.5, 0.6) is 0 Å². The van der Waals surface area contributed by atoms with Gasteiger partial charge in [0.2, 0.25) is 0 Å². The van der Waals surface area contributed by atoms with Crippen LogP contribution >= 0.6 is 0 Å².